The highest BCUT2D eigenvalue weighted by atomic mass is 16.3. The monoisotopic (exact) mass is 283 g/mol. The van der Waals surface area contributed by atoms with Gasteiger partial charge in [0, 0.05) is 24.1 Å². The number of phenols is 1. The van der Waals surface area contributed by atoms with Crippen LogP contribution in [0.4, 0.5) is 5.69 Å². The molecule has 2 N–H and O–H groups in total. The fourth-order valence-electron chi connectivity index (χ4n) is 2.72. The van der Waals surface area contributed by atoms with E-state index in [2.05, 4.69) is 5.32 Å². The first-order valence-electron chi connectivity index (χ1n) is 6.89. The summed E-state index contributed by atoms with van der Waals surface area (Å²) in [6.45, 7) is 3.85. The number of nitrogens with one attached hydrogen (secondary N) is 1. The van der Waals surface area contributed by atoms with Gasteiger partial charge in [0.2, 0.25) is 5.91 Å². The number of hydrogen-bond donors (Lipinski definition) is 2. The van der Waals surface area contributed by atoms with Crippen LogP contribution in [0.15, 0.2) is 40.5 Å². The number of aromatic hydroxyl groups is 1. The molecule has 1 aliphatic rings. The lowest BCUT2D eigenvalue weighted by Crippen LogP contribution is -2.23. The summed E-state index contributed by atoms with van der Waals surface area (Å²) in [7, 11) is 0. The maximum atomic E-state index is 11.9. The third-order valence-corrected chi connectivity index (χ3v) is 3.87. The van der Waals surface area contributed by atoms with E-state index in [0.717, 1.165) is 22.5 Å². The van der Waals surface area contributed by atoms with Crippen LogP contribution in [0.2, 0.25) is 0 Å². The normalized spacial score (nSPS) is 18.3. The van der Waals surface area contributed by atoms with Gasteiger partial charge in [-0.1, -0.05) is 5.57 Å². The zero-order valence-electron chi connectivity index (χ0n) is 12.0. The molecule has 1 aliphatic heterocycles. The summed E-state index contributed by atoms with van der Waals surface area (Å²) >= 11 is 0. The molecule has 0 radical (unpaired) electrons. The Morgan fingerprint density at radius 2 is 2.29 bits per heavy atom. The average Bonchev–Trinajstić information content (AvgIpc) is 2.92. The molecule has 0 saturated heterocycles. The van der Waals surface area contributed by atoms with E-state index in [1.54, 1.807) is 12.3 Å². The minimum atomic E-state index is -0.0389. The standard InChI is InChI=1S/C17H17NO3/c1-10(6-12-4-3-5-21-12)13-8-17(20)18-15-9-16(19)11(2)7-14(13)15/h3-7,9,13,19H,8H2,1-2H3,(H,18,20)/b10-6+/t13-/m0/s1. The molecule has 0 fully saturated rings. The molecule has 2 aromatic rings. The maximum Gasteiger partial charge on any atom is 0.225 e. The van der Waals surface area contributed by atoms with Gasteiger partial charge in [-0.3, -0.25) is 4.79 Å². The number of anilines is 1. The number of benzene rings is 1. The van der Waals surface area contributed by atoms with Gasteiger partial charge in [-0.2, -0.15) is 0 Å². The number of hydrogen-bond acceptors (Lipinski definition) is 3. The van der Waals surface area contributed by atoms with Crippen molar-refractivity contribution in [3.05, 3.63) is 53.0 Å². The summed E-state index contributed by atoms with van der Waals surface area (Å²) in [5.41, 5.74) is 3.59. The molecule has 0 bridgehead atoms. The summed E-state index contributed by atoms with van der Waals surface area (Å²) in [6.07, 6.45) is 3.98. The van der Waals surface area contributed by atoms with Crippen molar-refractivity contribution in [1.82, 2.24) is 0 Å². The van der Waals surface area contributed by atoms with Gasteiger partial charge >= 0.3 is 0 Å². The Bertz CT molecular complexity index is 714. The second-order valence-corrected chi connectivity index (χ2v) is 5.43. The number of rotatable bonds is 2. The Balaban J connectivity index is 2.04. The number of fused-ring (bicyclic) bond motifs is 1. The Hall–Kier alpha value is -2.49. The third-order valence-electron chi connectivity index (χ3n) is 3.87. The highest BCUT2D eigenvalue weighted by Crippen LogP contribution is 2.40. The van der Waals surface area contributed by atoms with Gasteiger partial charge in [0.1, 0.15) is 11.5 Å². The number of allylic oxidation sites excluding steroid dienone is 1. The second kappa shape index (κ2) is 5.13. The molecule has 0 unspecified atom stereocenters. The van der Waals surface area contributed by atoms with E-state index in [1.165, 1.54) is 0 Å². The third kappa shape index (κ3) is 2.57. The van der Waals surface area contributed by atoms with Gasteiger partial charge in [0.25, 0.3) is 0 Å². The lowest BCUT2D eigenvalue weighted by molar-refractivity contribution is -0.116. The van der Waals surface area contributed by atoms with Crippen LogP contribution in [0.5, 0.6) is 5.75 Å². The molecule has 0 spiro atoms. The van der Waals surface area contributed by atoms with Crippen molar-refractivity contribution < 1.29 is 14.3 Å². The van der Waals surface area contributed by atoms with Gasteiger partial charge in [-0.25, -0.2) is 0 Å². The summed E-state index contributed by atoms with van der Waals surface area (Å²) < 4.78 is 5.34. The predicted octanol–water partition coefficient (Wildman–Crippen LogP) is 3.82. The molecule has 1 aromatic carbocycles. The molecule has 108 valence electrons. The first kappa shape index (κ1) is 13.5. The van der Waals surface area contributed by atoms with E-state index in [9.17, 15) is 9.90 Å². The Morgan fingerprint density at radius 1 is 1.48 bits per heavy atom. The fourth-order valence-corrected chi connectivity index (χ4v) is 2.72. The topological polar surface area (TPSA) is 62.5 Å². The van der Waals surface area contributed by atoms with E-state index < -0.39 is 0 Å². The van der Waals surface area contributed by atoms with E-state index in [4.69, 9.17) is 4.42 Å². The summed E-state index contributed by atoms with van der Waals surface area (Å²) in [6, 6.07) is 7.28. The zero-order valence-corrected chi connectivity index (χ0v) is 12.0. The van der Waals surface area contributed by atoms with Crippen LogP contribution in [-0.2, 0) is 4.79 Å². The van der Waals surface area contributed by atoms with Crippen LogP contribution in [0.3, 0.4) is 0 Å². The maximum absolute atomic E-state index is 11.9. The molecule has 0 saturated carbocycles. The first-order chi connectivity index (χ1) is 10.0. The van der Waals surface area contributed by atoms with E-state index in [1.807, 2.05) is 38.1 Å². The van der Waals surface area contributed by atoms with Crippen molar-refractivity contribution in [3.63, 3.8) is 0 Å². The van der Waals surface area contributed by atoms with Gasteiger partial charge in [-0.05, 0) is 49.2 Å². The van der Waals surface area contributed by atoms with E-state index >= 15 is 0 Å². The number of amides is 1. The lowest BCUT2D eigenvalue weighted by Gasteiger charge is -2.27. The largest absolute Gasteiger partial charge is 0.508 e. The van der Waals surface area contributed by atoms with Crippen molar-refractivity contribution in [2.24, 2.45) is 0 Å². The fraction of sp³-hybridized carbons (Fsp3) is 0.235. The zero-order chi connectivity index (χ0) is 15.0. The van der Waals surface area contributed by atoms with Crippen LogP contribution < -0.4 is 5.32 Å². The minimum Gasteiger partial charge on any atom is -0.508 e. The lowest BCUT2D eigenvalue weighted by atomic mass is 9.84. The predicted molar refractivity (Wildman–Crippen MR) is 81.2 cm³/mol. The summed E-state index contributed by atoms with van der Waals surface area (Å²) in [4.78, 5) is 11.9. The highest BCUT2D eigenvalue weighted by molar-refractivity contribution is 5.95. The molecule has 4 heteroatoms. The Morgan fingerprint density at radius 3 is 3.00 bits per heavy atom. The second-order valence-electron chi connectivity index (χ2n) is 5.43. The number of phenolic OH excluding ortho intramolecular Hbond substituents is 1. The Kier molecular flexibility index (Phi) is 3.29. The van der Waals surface area contributed by atoms with Crippen molar-refractivity contribution in [2.45, 2.75) is 26.2 Å². The van der Waals surface area contributed by atoms with Crippen molar-refractivity contribution >= 4 is 17.7 Å². The van der Waals surface area contributed by atoms with Crippen molar-refractivity contribution in [1.29, 1.82) is 0 Å². The van der Waals surface area contributed by atoms with E-state index in [0.29, 0.717) is 12.1 Å². The van der Waals surface area contributed by atoms with Gasteiger partial charge in [-0.15, -0.1) is 0 Å². The molecule has 1 aromatic heterocycles. The molecule has 1 amide bonds. The van der Waals surface area contributed by atoms with Gasteiger partial charge in [0.15, 0.2) is 0 Å². The molecule has 21 heavy (non-hydrogen) atoms. The number of carbonyl (C=O) groups excluding carboxylic acids is 1. The Labute approximate surface area is 123 Å². The van der Waals surface area contributed by atoms with Crippen LogP contribution in [0, 0.1) is 6.92 Å². The molecule has 4 nitrogen and oxygen atoms in total. The number of aryl methyl sites for hydroxylation is 1. The van der Waals surface area contributed by atoms with Crippen LogP contribution in [-0.4, -0.2) is 11.0 Å². The average molecular weight is 283 g/mol. The molecule has 0 aliphatic carbocycles. The van der Waals surface area contributed by atoms with Crippen molar-refractivity contribution in [3.8, 4) is 5.75 Å². The number of carbonyl (C=O) groups is 1. The smallest absolute Gasteiger partial charge is 0.225 e. The molecule has 2 heterocycles. The SMILES string of the molecule is C/C(=C\c1ccco1)[C@@H]1CC(=O)Nc2cc(O)c(C)cc21. The van der Waals surface area contributed by atoms with Crippen molar-refractivity contribution in [2.75, 3.05) is 5.32 Å². The van der Waals surface area contributed by atoms with E-state index in [-0.39, 0.29) is 17.6 Å². The minimum absolute atomic E-state index is 0.00171. The molecule has 3 rings (SSSR count). The quantitative estimate of drug-likeness (QED) is 0.880. The van der Waals surface area contributed by atoms with Gasteiger partial charge in [0.05, 0.1) is 6.26 Å². The highest BCUT2D eigenvalue weighted by Gasteiger charge is 2.27. The van der Waals surface area contributed by atoms with Crippen LogP contribution >= 0.6 is 0 Å². The summed E-state index contributed by atoms with van der Waals surface area (Å²) in [5, 5.41) is 12.6. The molecular formula is C17H17NO3. The number of furan rings is 1. The summed E-state index contributed by atoms with van der Waals surface area (Å²) in [5.74, 6) is 0.930. The molecular weight excluding hydrogens is 266 g/mol. The van der Waals surface area contributed by atoms with Gasteiger partial charge < -0.3 is 14.8 Å². The van der Waals surface area contributed by atoms with Crippen LogP contribution in [0.25, 0.3) is 6.08 Å². The van der Waals surface area contributed by atoms with Crippen LogP contribution in [0.1, 0.15) is 36.1 Å². The molecule has 1 atom stereocenters. The first-order valence-corrected chi connectivity index (χ1v) is 6.89.